The maximum atomic E-state index is 11.4. The highest BCUT2D eigenvalue weighted by atomic mass is 79.9. The number of H-pyrrole nitrogens is 1. The van der Waals surface area contributed by atoms with Crippen molar-refractivity contribution in [3.63, 3.8) is 0 Å². The van der Waals surface area contributed by atoms with Gasteiger partial charge in [-0.3, -0.25) is 4.79 Å². The van der Waals surface area contributed by atoms with Crippen molar-refractivity contribution in [3.8, 4) is 0 Å². The second-order valence-electron chi connectivity index (χ2n) is 2.98. The molecule has 4 heteroatoms. The Balaban J connectivity index is 2.60. The van der Waals surface area contributed by atoms with Crippen LogP contribution in [0.4, 0.5) is 0 Å². The Bertz CT molecular complexity index is 490. The molecule has 1 aromatic heterocycles. The van der Waals surface area contributed by atoms with E-state index in [0.717, 1.165) is 15.4 Å². The van der Waals surface area contributed by atoms with E-state index in [1.165, 1.54) is 0 Å². The average molecular weight is 253 g/mol. The van der Waals surface area contributed by atoms with Crippen molar-refractivity contribution in [2.24, 2.45) is 0 Å². The van der Waals surface area contributed by atoms with Gasteiger partial charge in [-0.1, -0.05) is 0 Å². The Morgan fingerprint density at radius 3 is 3.00 bits per heavy atom. The lowest BCUT2D eigenvalue weighted by Gasteiger charge is -1.99. The molecule has 0 fully saturated rings. The van der Waals surface area contributed by atoms with Crippen LogP contribution in [0.5, 0.6) is 0 Å². The smallest absolute Gasteiger partial charge is 0.251 e. The minimum absolute atomic E-state index is 0.0694. The molecule has 0 unspecified atom stereocenters. The molecule has 2 rings (SSSR count). The summed E-state index contributed by atoms with van der Waals surface area (Å²) in [5, 5.41) is 3.61. The van der Waals surface area contributed by atoms with Gasteiger partial charge in [0.15, 0.2) is 0 Å². The Labute approximate surface area is 89.6 Å². The fourth-order valence-corrected chi connectivity index (χ4v) is 1.81. The van der Waals surface area contributed by atoms with Gasteiger partial charge < -0.3 is 10.3 Å². The van der Waals surface area contributed by atoms with Crippen LogP contribution in [0.15, 0.2) is 28.9 Å². The summed E-state index contributed by atoms with van der Waals surface area (Å²) in [6.07, 6.45) is 1.86. The molecule has 0 radical (unpaired) electrons. The molecule has 0 aliphatic heterocycles. The van der Waals surface area contributed by atoms with Crippen LogP contribution in [0, 0.1) is 0 Å². The zero-order valence-corrected chi connectivity index (χ0v) is 9.18. The summed E-state index contributed by atoms with van der Waals surface area (Å²) >= 11 is 3.41. The van der Waals surface area contributed by atoms with Gasteiger partial charge >= 0.3 is 0 Å². The zero-order chi connectivity index (χ0) is 10.1. The highest BCUT2D eigenvalue weighted by Gasteiger charge is 2.06. The lowest BCUT2D eigenvalue weighted by atomic mass is 10.1. The van der Waals surface area contributed by atoms with Gasteiger partial charge in [-0.15, -0.1) is 0 Å². The molecule has 3 nitrogen and oxygen atoms in total. The molecule has 0 aliphatic rings. The summed E-state index contributed by atoms with van der Waals surface area (Å²) in [5.41, 5.74) is 1.69. The van der Waals surface area contributed by atoms with E-state index in [1.54, 1.807) is 13.1 Å². The van der Waals surface area contributed by atoms with Crippen LogP contribution in [0.3, 0.4) is 0 Å². The largest absolute Gasteiger partial charge is 0.360 e. The summed E-state index contributed by atoms with van der Waals surface area (Å²) in [6, 6.07) is 5.55. The van der Waals surface area contributed by atoms with Crippen molar-refractivity contribution in [3.05, 3.63) is 34.4 Å². The average Bonchev–Trinajstić information content (AvgIpc) is 2.59. The van der Waals surface area contributed by atoms with Crippen molar-refractivity contribution in [2.75, 3.05) is 7.05 Å². The van der Waals surface area contributed by atoms with Crippen molar-refractivity contribution < 1.29 is 4.79 Å². The molecule has 1 aromatic carbocycles. The van der Waals surface area contributed by atoms with Gasteiger partial charge in [0, 0.05) is 34.2 Å². The van der Waals surface area contributed by atoms with Gasteiger partial charge in [0.1, 0.15) is 0 Å². The minimum atomic E-state index is -0.0694. The molecule has 1 heterocycles. The fraction of sp³-hybridized carbons (Fsp3) is 0.100. The first-order chi connectivity index (χ1) is 6.72. The van der Waals surface area contributed by atoms with E-state index in [9.17, 15) is 4.79 Å². The van der Waals surface area contributed by atoms with E-state index in [2.05, 4.69) is 26.2 Å². The van der Waals surface area contributed by atoms with Crippen LogP contribution in [0.25, 0.3) is 10.9 Å². The molecular weight excluding hydrogens is 244 g/mol. The summed E-state index contributed by atoms with van der Waals surface area (Å²) in [4.78, 5) is 14.4. The third-order valence-electron chi connectivity index (χ3n) is 2.12. The van der Waals surface area contributed by atoms with Crippen molar-refractivity contribution in [2.45, 2.75) is 0 Å². The highest BCUT2D eigenvalue weighted by molar-refractivity contribution is 9.10. The summed E-state index contributed by atoms with van der Waals surface area (Å²) < 4.78 is 0.971. The van der Waals surface area contributed by atoms with Crippen LogP contribution in [0.2, 0.25) is 0 Å². The molecule has 2 aromatic rings. The monoisotopic (exact) mass is 252 g/mol. The first-order valence-corrected chi connectivity index (χ1v) is 5.00. The molecule has 14 heavy (non-hydrogen) atoms. The minimum Gasteiger partial charge on any atom is -0.360 e. The van der Waals surface area contributed by atoms with E-state index >= 15 is 0 Å². The molecule has 0 bridgehead atoms. The number of aromatic amines is 1. The Kier molecular flexibility index (Phi) is 2.29. The third-order valence-corrected chi connectivity index (χ3v) is 2.78. The number of halogens is 1. The summed E-state index contributed by atoms with van der Waals surface area (Å²) in [6.45, 7) is 0. The van der Waals surface area contributed by atoms with E-state index in [1.807, 2.05) is 18.3 Å². The quantitative estimate of drug-likeness (QED) is 0.804. The van der Waals surface area contributed by atoms with Crippen molar-refractivity contribution in [1.29, 1.82) is 0 Å². The fourth-order valence-electron chi connectivity index (χ4n) is 1.37. The number of rotatable bonds is 1. The maximum Gasteiger partial charge on any atom is 0.251 e. The predicted octanol–water partition coefficient (Wildman–Crippen LogP) is 2.29. The lowest BCUT2D eigenvalue weighted by Crippen LogP contribution is -2.17. The van der Waals surface area contributed by atoms with E-state index in [0.29, 0.717) is 5.56 Å². The summed E-state index contributed by atoms with van der Waals surface area (Å²) in [7, 11) is 1.62. The summed E-state index contributed by atoms with van der Waals surface area (Å²) in [5.74, 6) is -0.0694. The number of benzene rings is 1. The number of carbonyl (C=O) groups is 1. The molecule has 0 saturated heterocycles. The molecule has 0 aliphatic carbocycles. The number of fused-ring (bicyclic) bond motifs is 1. The number of amides is 1. The highest BCUT2D eigenvalue weighted by Crippen LogP contribution is 2.24. The maximum absolute atomic E-state index is 11.4. The third kappa shape index (κ3) is 1.42. The van der Waals surface area contributed by atoms with E-state index in [4.69, 9.17) is 0 Å². The van der Waals surface area contributed by atoms with Gasteiger partial charge in [0.25, 0.3) is 5.91 Å². The predicted molar refractivity (Wildman–Crippen MR) is 59.4 cm³/mol. The van der Waals surface area contributed by atoms with Gasteiger partial charge in [-0.05, 0) is 34.1 Å². The number of hydrogen-bond donors (Lipinski definition) is 2. The molecule has 0 spiro atoms. The van der Waals surface area contributed by atoms with Gasteiger partial charge in [0.05, 0.1) is 0 Å². The molecule has 1 amide bonds. The first-order valence-electron chi connectivity index (χ1n) is 4.21. The number of carbonyl (C=O) groups excluding carboxylic acids is 1. The van der Waals surface area contributed by atoms with E-state index < -0.39 is 0 Å². The Morgan fingerprint density at radius 1 is 1.50 bits per heavy atom. The standard InChI is InChI=1S/C10H9BrN2O/c1-12-10(14)6-2-3-9-7(4-6)8(11)5-13-9/h2-5,13H,1H3,(H,12,14). The second-order valence-corrected chi connectivity index (χ2v) is 3.83. The van der Waals surface area contributed by atoms with Crippen LogP contribution < -0.4 is 5.32 Å². The molecule has 2 N–H and O–H groups in total. The normalized spacial score (nSPS) is 10.4. The molecule has 72 valence electrons. The first kappa shape index (κ1) is 9.27. The molecular formula is C10H9BrN2O. The zero-order valence-electron chi connectivity index (χ0n) is 7.60. The second kappa shape index (κ2) is 3.46. The Morgan fingerprint density at radius 2 is 2.29 bits per heavy atom. The molecule has 0 atom stereocenters. The number of hydrogen-bond acceptors (Lipinski definition) is 1. The number of nitrogens with one attached hydrogen (secondary N) is 2. The number of aromatic nitrogens is 1. The van der Waals surface area contributed by atoms with Crippen molar-refractivity contribution in [1.82, 2.24) is 10.3 Å². The topological polar surface area (TPSA) is 44.9 Å². The molecule has 0 saturated carbocycles. The van der Waals surface area contributed by atoms with Crippen molar-refractivity contribution >= 4 is 32.7 Å². The van der Waals surface area contributed by atoms with Crippen LogP contribution in [-0.2, 0) is 0 Å². The Hall–Kier alpha value is -1.29. The van der Waals surface area contributed by atoms with Gasteiger partial charge in [0.2, 0.25) is 0 Å². The SMILES string of the molecule is CNC(=O)c1ccc2[nH]cc(Br)c2c1. The lowest BCUT2D eigenvalue weighted by molar-refractivity contribution is 0.0963. The van der Waals surface area contributed by atoms with Crippen LogP contribution >= 0.6 is 15.9 Å². The van der Waals surface area contributed by atoms with Crippen LogP contribution in [-0.4, -0.2) is 17.9 Å². The van der Waals surface area contributed by atoms with Gasteiger partial charge in [-0.2, -0.15) is 0 Å². The van der Waals surface area contributed by atoms with Gasteiger partial charge in [-0.25, -0.2) is 0 Å². The van der Waals surface area contributed by atoms with Crippen LogP contribution in [0.1, 0.15) is 10.4 Å². The van der Waals surface area contributed by atoms with E-state index in [-0.39, 0.29) is 5.91 Å².